The summed E-state index contributed by atoms with van der Waals surface area (Å²) in [7, 11) is 0. The third-order valence-electron chi connectivity index (χ3n) is 2.64. The Kier molecular flexibility index (Phi) is 2.79. The SMILES string of the molecule is Cc1cc(C)c(C(N)c2ccco2)c(F)c1. The van der Waals surface area contributed by atoms with E-state index in [4.69, 9.17) is 10.2 Å². The molecule has 0 bridgehead atoms. The van der Waals surface area contributed by atoms with Crippen LogP contribution in [-0.4, -0.2) is 0 Å². The van der Waals surface area contributed by atoms with Gasteiger partial charge in [0.2, 0.25) is 0 Å². The molecular formula is C13H14FNO. The smallest absolute Gasteiger partial charge is 0.128 e. The number of rotatable bonds is 2. The Hall–Kier alpha value is -1.61. The lowest BCUT2D eigenvalue weighted by atomic mass is 9.97. The largest absolute Gasteiger partial charge is 0.467 e. The van der Waals surface area contributed by atoms with Crippen molar-refractivity contribution < 1.29 is 8.81 Å². The van der Waals surface area contributed by atoms with Crippen LogP contribution in [0.3, 0.4) is 0 Å². The Morgan fingerprint density at radius 3 is 2.62 bits per heavy atom. The monoisotopic (exact) mass is 219 g/mol. The Bertz CT molecular complexity index is 468. The molecular weight excluding hydrogens is 205 g/mol. The number of hydrogen-bond acceptors (Lipinski definition) is 2. The lowest BCUT2D eigenvalue weighted by Gasteiger charge is -2.14. The van der Waals surface area contributed by atoms with Gasteiger partial charge in [-0.05, 0) is 43.2 Å². The molecule has 1 aromatic heterocycles. The van der Waals surface area contributed by atoms with Crippen LogP contribution in [0, 0.1) is 19.7 Å². The molecule has 16 heavy (non-hydrogen) atoms. The first-order valence-corrected chi connectivity index (χ1v) is 5.15. The van der Waals surface area contributed by atoms with E-state index in [1.807, 2.05) is 19.9 Å². The summed E-state index contributed by atoms with van der Waals surface area (Å²) in [6, 6.07) is 6.36. The first-order chi connectivity index (χ1) is 7.59. The third-order valence-corrected chi connectivity index (χ3v) is 2.64. The second-order valence-corrected chi connectivity index (χ2v) is 3.97. The number of furan rings is 1. The van der Waals surface area contributed by atoms with Gasteiger partial charge in [0.15, 0.2) is 0 Å². The van der Waals surface area contributed by atoms with Crippen LogP contribution in [0.15, 0.2) is 34.9 Å². The van der Waals surface area contributed by atoms with Gasteiger partial charge in [-0.3, -0.25) is 0 Å². The van der Waals surface area contributed by atoms with E-state index in [0.29, 0.717) is 11.3 Å². The van der Waals surface area contributed by atoms with E-state index in [2.05, 4.69) is 0 Å². The quantitative estimate of drug-likeness (QED) is 0.843. The van der Waals surface area contributed by atoms with Gasteiger partial charge in [0, 0.05) is 5.56 Å². The summed E-state index contributed by atoms with van der Waals surface area (Å²) in [5.41, 5.74) is 8.22. The maximum Gasteiger partial charge on any atom is 0.128 e. The maximum atomic E-state index is 13.8. The number of benzene rings is 1. The molecule has 0 aliphatic carbocycles. The molecule has 2 rings (SSSR count). The van der Waals surface area contributed by atoms with Crippen LogP contribution in [0.5, 0.6) is 0 Å². The lowest BCUT2D eigenvalue weighted by Crippen LogP contribution is -2.14. The molecule has 0 saturated heterocycles. The van der Waals surface area contributed by atoms with Crippen molar-refractivity contribution in [2.24, 2.45) is 5.73 Å². The van der Waals surface area contributed by atoms with Gasteiger partial charge in [0.1, 0.15) is 11.6 Å². The molecule has 0 aliphatic heterocycles. The van der Waals surface area contributed by atoms with Crippen molar-refractivity contribution >= 4 is 0 Å². The fourth-order valence-electron chi connectivity index (χ4n) is 1.93. The zero-order valence-corrected chi connectivity index (χ0v) is 9.33. The van der Waals surface area contributed by atoms with Crippen molar-refractivity contribution in [3.8, 4) is 0 Å². The van der Waals surface area contributed by atoms with Gasteiger partial charge >= 0.3 is 0 Å². The van der Waals surface area contributed by atoms with Crippen LogP contribution in [0.2, 0.25) is 0 Å². The van der Waals surface area contributed by atoms with E-state index in [1.54, 1.807) is 12.1 Å². The molecule has 1 aromatic carbocycles. The average Bonchev–Trinajstić information content (AvgIpc) is 2.67. The fourth-order valence-corrected chi connectivity index (χ4v) is 1.93. The summed E-state index contributed by atoms with van der Waals surface area (Å²) in [5, 5.41) is 0. The van der Waals surface area contributed by atoms with Crippen molar-refractivity contribution in [1.82, 2.24) is 0 Å². The molecule has 0 saturated carbocycles. The first kappa shape index (κ1) is 10.9. The standard InChI is InChI=1S/C13H14FNO/c1-8-6-9(2)12(10(14)7-8)13(15)11-4-3-5-16-11/h3-7,13H,15H2,1-2H3. The van der Waals surface area contributed by atoms with Crippen LogP contribution in [0.1, 0.15) is 28.5 Å². The highest BCUT2D eigenvalue weighted by atomic mass is 19.1. The number of hydrogen-bond donors (Lipinski definition) is 1. The highest BCUT2D eigenvalue weighted by Crippen LogP contribution is 2.26. The zero-order valence-electron chi connectivity index (χ0n) is 9.33. The minimum Gasteiger partial charge on any atom is -0.467 e. The van der Waals surface area contributed by atoms with E-state index in [9.17, 15) is 4.39 Å². The van der Waals surface area contributed by atoms with Crippen molar-refractivity contribution in [3.05, 3.63) is 58.8 Å². The Morgan fingerprint density at radius 2 is 2.06 bits per heavy atom. The van der Waals surface area contributed by atoms with Gasteiger partial charge in [0.05, 0.1) is 12.3 Å². The van der Waals surface area contributed by atoms with Gasteiger partial charge in [-0.2, -0.15) is 0 Å². The van der Waals surface area contributed by atoms with Crippen LogP contribution in [0.4, 0.5) is 4.39 Å². The minimum atomic E-state index is -0.546. The van der Waals surface area contributed by atoms with Gasteiger partial charge in [-0.25, -0.2) is 4.39 Å². The molecule has 1 atom stereocenters. The molecule has 2 nitrogen and oxygen atoms in total. The van der Waals surface area contributed by atoms with Crippen molar-refractivity contribution in [2.75, 3.05) is 0 Å². The summed E-state index contributed by atoms with van der Waals surface area (Å²) in [6.45, 7) is 3.71. The van der Waals surface area contributed by atoms with Crippen LogP contribution < -0.4 is 5.73 Å². The summed E-state index contributed by atoms with van der Waals surface area (Å²) in [5.74, 6) is 0.298. The topological polar surface area (TPSA) is 39.2 Å². The van der Waals surface area contributed by atoms with Gasteiger partial charge in [-0.1, -0.05) is 6.07 Å². The average molecular weight is 219 g/mol. The van der Waals surface area contributed by atoms with E-state index in [0.717, 1.165) is 11.1 Å². The van der Waals surface area contributed by atoms with Gasteiger partial charge in [-0.15, -0.1) is 0 Å². The molecule has 2 aromatic rings. The molecule has 84 valence electrons. The molecule has 0 radical (unpaired) electrons. The first-order valence-electron chi connectivity index (χ1n) is 5.15. The molecule has 3 heteroatoms. The molecule has 0 spiro atoms. The Morgan fingerprint density at radius 1 is 1.31 bits per heavy atom. The van der Waals surface area contributed by atoms with Crippen LogP contribution in [-0.2, 0) is 0 Å². The van der Waals surface area contributed by atoms with E-state index in [1.165, 1.54) is 12.3 Å². The highest BCUT2D eigenvalue weighted by molar-refractivity contribution is 5.37. The predicted molar refractivity (Wildman–Crippen MR) is 60.6 cm³/mol. The molecule has 0 amide bonds. The van der Waals surface area contributed by atoms with E-state index >= 15 is 0 Å². The normalized spacial score (nSPS) is 12.8. The number of nitrogens with two attached hydrogens (primary N) is 1. The summed E-state index contributed by atoms with van der Waals surface area (Å²) < 4.78 is 19.0. The molecule has 2 N–H and O–H groups in total. The van der Waals surface area contributed by atoms with Crippen LogP contribution >= 0.6 is 0 Å². The predicted octanol–water partition coefficient (Wildman–Crippen LogP) is 3.08. The second kappa shape index (κ2) is 4.10. The minimum absolute atomic E-state index is 0.276. The molecule has 1 unspecified atom stereocenters. The summed E-state index contributed by atoms with van der Waals surface area (Å²) in [6.07, 6.45) is 1.54. The Labute approximate surface area is 93.9 Å². The maximum absolute atomic E-state index is 13.8. The third kappa shape index (κ3) is 1.86. The van der Waals surface area contributed by atoms with Crippen LogP contribution in [0.25, 0.3) is 0 Å². The summed E-state index contributed by atoms with van der Waals surface area (Å²) in [4.78, 5) is 0. The van der Waals surface area contributed by atoms with Crippen molar-refractivity contribution in [3.63, 3.8) is 0 Å². The molecule has 0 fully saturated rings. The summed E-state index contributed by atoms with van der Waals surface area (Å²) >= 11 is 0. The molecule has 1 heterocycles. The number of halogens is 1. The second-order valence-electron chi connectivity index (χ2n) is 3.97. The van der Waals surface area contributed by atoms with Crippen molar-refractivity contribution in [2.45, 2.75) is 19.9 Å². The zero-order chi connectivity index (χ0) is 11.7. The van der Waals surface area contributed by atoms with Gasteiger partial charge in [0.25, 0.3) is 0 Å². The van der Waals surface area contributed by atoms with Crippen molar-refractivity contribution in [1.29, 1.82) is 0 Å². The van der Waals surface area contributed by atoms with E-state index in [-0.39, 0.29) is 5.82 Å². The Balaban J connectivity index is 2.48. The lowest BCUT2D eigenvalue weighted by molar-refractivity contribution is 0.479. The highest BCUT2D eigenvalue weighted by Gasteiger charge is 2.18. The number of aryl methyl sites for hydroxylation is 2. The van der Waals surface area contributed by atoms with Gasteiger partial charge < -0.3 is 10.2 Å². The van der Waals surface area contributed by atoms with E-state index < -0.39 is 6.04 Å². The molecule has 0 aliphatic rings. The fraction of sp³-hybridized carbons (Fsp3) is 0.231.